The molecule has 2 aliphatic rings. The number of benzene rings is 2. The number of carbonyl (C=O) groups excluding carboxylic acids is 1. The fraction of sp³-hybridized carbons (Fsp3) is 0.458. The Bertz CT molecular complexity index is 1010. The van der Waals surface area contributed by atoms with Gasteiger partial charge in [-0.3, -0.25) is 14.6 Å². The monoisotopic (exact) mass is 441 g/mol. The van der Waals surface area contributed by atoms with Crippen molar-refractivity contribution in [1.82, 2.24) is 9.80 Å². The Morgan fingerprint density at radius 2 is 1.65 bits per heavy atom. The number of amides is 1. The second-order valence-corrected chi connectivity index (χ2v) is 11.0. The standard InChI is InChI=1S/C24H31N3O3S/c1-18-14-19(2)16-21(15-18)25-24(28)23(20-6-4-3-5-7-20)27-11-9-26(10-12-27)22-8-13-31(29,30)17-22/h3-7,14-16,22-23H,8-13,17H2,1-2H3,(H,25,28)/t22-,23+/m1/s1. The lowest BCUT2D eigenvalue weighted by molar-refractivity contribution is -0.122. The molecule has 0 saturated carbocycles. The zero-order valence-corrected chi connectivity index (χ0v) is 19.1. The van der Waals surface area contributed by atoms with Gasteiger partial charge in [0.25, 0.3) is 0 Å². The number of rotatable bonds is 5. The molecule has 2 saturated heterocycles. The average molecular weight is 442 g/mol. The first kappa shape index (κ1) is 22.0. The van der Waals surface area contributed by atoms with Crippen LogP contribution in [-0.2, 0) is 14.6 Å². The normalized spacial score (nSPS) is 22.8. The largest absolute Gasteiger partial charge is 0.324 e. The maximum Gasteiger partial charge on any atom is 0.246 e. The summed E-state index contributed by atoms with van der Waals surface area (Å²) in [6.45, 7) is 7.08. The molecule has 2 fully saturated rings. The zero-order valence-electron chi connectivity index (χ0n) is 18.3. The predicted octanol–water partition coefficient (Wildman–Crippen LogP) is 2.79. The Labute approximate surface area is 185 Å². The van der Waals surface area contributed by atoms with E-state index in [0.29, 0.717) is 5.75 Å². The van der Waals surface area contributed by atoms with E-state index in [2.05, 4.69) is 21.2 Å². The molecule has 0 radical (unpaired) electrons. The molecule has 6 nitrogen and oxygen atoms in total. The molecule has 1 amide bonds. The molecule has 1 N–H and O–H groups in total. The number of hydrogen-bond donors (Lipinski definition) is 1. The van der Waals surface area contributed by atoms with Crippen LogP contribution in [0.2, 0.25) is 0 Å². The zero-order chi connectivity index (χ0) is 22.0. The van der Waals surface area contributed by atoms with Crippen LogP contribution in [0, 0.1) is 13.8 Å². The first-order valence-corrected chi connectivity index (χ1v) is 12.8. The van der Waals surface area contributed by atoms with E-state index >= 15 is 0 Å². The lowest BCUT2D eigenvalue weighted by atomic mass is 10.0. The molecule has 4 rings (SSSR count). The number of hydrogen-bond acceptors (Lipinski definition) is 5. The Hall–Kier alpha value is -2.22. The van der Waals surface area contributed by atoms with Crippen molar-refractivity contribution in [3.63, 3.8) is 0 Å². The summed E-state index contributed by atoms with van der Waals surface area (Å²) in [7, 11) is -2.89. The van der Waals surface area contributed by atoms with Crippen molar-refractivity contribution >= 4 is 21.4 Å². The highest BCUT2D eigenvalue weighted by molar-refractivity contribution is 7.91. The van der Waals surface area contributed by atoms with Gasteiger partial charge in [-0.05, 0) is 49.1 Å². The third kappa shape index (κ3) is 5.34. The van der Waals surface area contributed by atoms with E-state index < -0.39 is 9.84 Å². The summed E-state index contributed by atoms with van der Waals surface area (Å²) >= 11 is 0. The second-order valence-electron chi connectivity index (χ2n) is 8.81. The molecule has 0 unspecified atom stereocenters. The van der Waals surface area contributed by atoms with Crippen molar-refractivity contribution in [2.24, 2.45) is 0 Å². The maximum absolute atomic E-state index is 13.4. The van der Waals surface area contributed by atoms with Crippen molar-refractivity contribution in [3.05, 3.63) is 65.2 Å². The lowest BCUT2D eigenvalue weighted by Gasteiger charge is -2.40. The highest BCUT2D eigenvalue weighted by Crippen LogP contribution is 2.27. The van der Waals surface area contributed by atoms with Gasteiger partial charge >= 0.3 is 0 Å². The van der Waals surface area contributed by atoms with E-state index in [9.17, 15) is 13.2 Å². The molecule has 2 atom stereocenters. The van der Waals surface area contributed by atoms with Crippen LogP contribution in [0.3, 0.4) is 0 Å². The summed E-state index contributed by atoms with van der Waals surface area (Å²) in [5, 5.41) is 3.12. The van der Waals surface area contributed by atoms with Gasteiger partial charge in [0.2, 0.25) is 5.91 Å². The fourth-order valence-corrected chi connectivity index (χ4v) is 6.61. The van der Waals surface area contributed by atoms with Gasteiger partial charge in [-0.25, -0.2) is 8.42 Å². The topological polar surface area (TPSA) is 69.7 Å². The highest BCUT2D eigenvalue weighted by atomic mass is 32.2. The second kappa shape index (κ2) is 9.10. The van der Waals surface area contributed by atoms with E-state index in [-0.39, 0.29) is 23.7 Å². The molecule has 2 heterocycles. The average Bonchev–Trinajstić information content (AvgIpc) is 3.08. The number of nitrogens with one attached hydrogen (secondary N) is 1. The predicted molar refractivity (Wildman–Crippen MR) is 124 cm³/mol. The third-order valence-corrected chi connectivity index (χ3v) is 8.04. The molecule has 7 heteroatoms. The van der Waals surface area contributed by atoms with E-state index in [1.165, 1.54) is 0 Å². The van der Waals surface area contributed by atoms with Crippen LogP contribution >= 0.6 is 0 Å². The quantitative estimate of drug-likeness (QED) is 0.773. The first-order chi connectivity index (χ1) is 14.8. The van der Waals surface area contributed by atoms with E-state index in [4.69, 9.17) is 0 Å². The minimum atomic E-state index is -2.89. The fourth-order valence-electron chi connectivity index (χ4n) is 4.84. The van der Waals surface area contributed by atoms with Crippen LogP contribution in [0.1, 0.15) is 29.2 Å². The number of aryl methyl sites for hydroxylation is 2. The van der Waals surface area contributed by atoms with Crippen LogP contribution in [-0.4, -0.2) is 67.9 Å². The Kier molecular flexibility index (Phi) is 6.46. The molecule has 0 spiro atoms. The minimum Gasteiger partial charge on any atom is -0.324 e. The van der Waals surface area contributed by atoms with Crippen LogP contribution in [0.4, 0.5) is 5.69 Å². The number of nitrogens with zero attached hydrogens (tertiary/aromatic N) is 2. The molecular weight excluding hydrogens is 410 g/mol. The van der Waals surface area contributed by atoms with Crippen LogP contribution in [0.25, 0.3) is 0 Å². The van der Waals surface area contributed by atoms with Gasteiger partial charge in [-0.2, -0.15) is 0 Å². The first-order valence-electron chi connectivity index (χ1n) is 10.9. The van der Waals surface area contributed by atoms with Gasteiger partial charge in [0.1, 0.15) is 6.04 Å². The molecular formula is C24H31N3O3S. The summed E-state index contributed by atoms with van der Waals surface area (Å²) < 4.78 is 23.7. The molecule has 0 bridgehead atoms. The van der Waals surface area contributed by atoms with E-state index in [1.807, 2.05) is 56.3 Å². The maximum atomic E-state index is 13.4. The Morgan fingerprint density at radius 3 is 2.23 bits per heavy atom. The summed E-state index contributed by atoms with van der Waals surface area (Å²) in [6, 6.07) is 15.7. The number of sulfone groups is 1. The molecule has 166 valence electrons. The van der Waals surface area contributed by atoms with Gasteiger partial charge in [0, 0.05) is 37.9 Å². The van der Waals surface area contributed by atoms with Gasteiger partial charge in [-0.1, -0.05) is 36.4 Å². The van der Waals surface area contributed by atoms with Crippen LogP contribution in [0.5, 0.6) is 0 Å². The summed E-state index contributed by atoms with van der Waals surface area (Å²) in [6.07, 6.45) is 0.720. The van der Waals surface area contributed by atoms with Crippen molar-refractivity contribution in [2.45, 2.75) is 32.4 Å². The number of carbonyl (C=O) groups is 1. The van der Waals surface area contributed by atoms with E-state index in [1.54, 1.807) is 0 Å². The molecule has 31 heavy (non-hydrogen) atoms. The van der Waals surface area contributed by atoms with Crippen LogP contribution in [0.15, 0.2) is 48.5 Å². The number of anilines is 1. The minimum absolute atomic E-state index is 0.0342. The van der Waals surface area contributed by atoms with Crippen molar-refractivity contribution in [1.29, 1.82) is 0 Å². The van der Waals surface area contributed by atoms with E-state index in [0.717, 1.165) is 55.0 Å². The summed E-state index contributed by atoms with van der Waals surface area (Å²) in [4.78, 5) is 17.9. The van der Waals surface area contributed by atoms with Crippen molar-refractivity contribution < 1.29 is 13.2 Å². The van der Waals surface area contributed by atoms with Crippen molar-refractivity contribution in [2.75, 3.05) is 43.0 Å². The van der Waals surface area contributed by atoms with Gasteiger partial charge in [0.05, 0.1) is 11.5 Å². The number of piperazine rings is 1. The lowest BCUT2D eigenvalue weighted by Crippen LogP contribution is -2.53. The molecule has 2 aromatic carbocycles. The highest BCUT2D eigenvalue weighted by Gasteiger charge is 2.36. The van der Waals surface area contributed by atoms with Gasteiger partial charge < -0.3 is 5.32 Å². The Morgan fingerprint density at radius 1 is 1.00 bits per heavy atom. The smallest absolute Gasteiger partial charge is 0.246 e. The molecule has 2 aromatic rings. The summed E-state index contributed by atoms with van der Waals surface area (Å²) in [5.41, 5.74) is 4.03. The van der Waals surface area contributed by atoms with Crippen molar-refractivity contribution in [3.8, 4) is 0 Å². The Balaban J connectivity index is 1.49. The summed E-state index contributed by atoms with van der Waals surface area (Å²) in [5.74, 6) is 0.526. The molecule has 0 aromatic heterocycles. The van der Waals surface area contributed by atoms with Gasteiger partial charge in [-0.15, -0.1) is 0 Å². The van der Waals surface area contributed by atoms with Gasteiger partial charge in [0.15, 0.2) is 9.84 Å². The van der Waals surface area contributed by atoms with Crippen LogP contribution < -0.4 is 5.32 Å². The SMILES string of the molecule is Cc1cc(C)cc(NC(=O)[C@H](c2ccccc2)N2CCN([C@@H]3CCS(=O)(=O)C3)CC2)c1. The molecule has 0 aliphatic carbocycles. The third-order valence-electron chi connectivity index (χ3n) is 6.29. The molecule has 2 aliphatic heterocycles.